The molecule has 2 bridgehead atoms. The molecule has 0 amide bonds. The van der Waals surface area contributed by atoms with Crippen LogP contribution in [-0.4, -0.2) is 35.7 Å². The maximum absolute atomic E-state index is 6.00. The van der Waals surface area contributed by atoms with Gasteiger partial charge in [0.2, 0.25) is 0 Å². The molecule has 14 heavy (non-hydrogen) atoms. The number of ether oxygens (including phenoxy) is 2. The Morgan fingerprint density at radius 1 is 1.29 bits per heavy atom. The zero-order valence-corrected chi connectivity index (χ0v) is 10.9. The number of rotatable bonds is 4. The zero-order valence-electron chi connectivity index (χ0n) is 8.95. The van der Waals surface area contributed by atoms with E-state index in [0.717, 1.165) is 37.0 Å². The molecule has 5 atom stereocenters. The molecule has 80 valence electrons. The molecule has 0 aromatic rings. The molecule has 0 aromatic carbocycles. The highest BCUT2D eigenvalue weighted by Crippen LogP contribution is 2.51. The van der Waals surface area contributed by atoms with E-state index in [2.05, 4.69) is 0 Å². The Bertz CT molecular complexity index is 217. The van der Waals surface area contributed by atoms with E-state index in [-0.39, 0.29) is 0 Å². The van der Waals surface area contributed by atoms with Crippen LogP contribution in [0.15, 0.2) is 0 Å². The zero-order chi connectivity index (χ0) is 9.54. The van der Waals surface area contributed by atoms with Crippen molar-refractivity contribution in [2.24, 2.45) is 11.8 Å². The molecule has 2 nitrogen and oxygen atoms in total. The maximum atomic E-state index is 6.00. The highest BCUT2D eigenvalue weighted by atomic mass is 28.1. The van der Waals surface area contributed by atoms with Gasteiger partial charge in [-0.25, -0.2) is 0 Å². The predicted octanol–water partition coefficient (Wildman–Crippen LogP) is 0.744. The van der Waals surface area contributed by atoms with Crippen molar-refractivity contribution in [2.75, 3.05) is 13.2 Å². The van der Waals surface area contributed by atoms with E-state index in [4.69, 9.17) is 9.47 Å². The van der Waals surface area contributed by atoms with Crippen molar-refractivity contribution in [3.05, 3.63) is 0 Å². The molecule has 3 rings (SSSR count). The maximum Gasteiger partial charge on any atom is 0.0831 e. The van der Waals surface area contributed by atoms with Crippen molar-refractivity contribution in [3.63, 3.8) is 0 Å². The van der Waals surface area contributed by atoms with E-state index in [1.165, 1.54) is 29.5 Å². The minimum atomic E-state index is 0.542. The number of fused-ring (bicyclic) bond motifs is 2. The summed E-state index contributed by atoms with van der Waals surface area (Å²) >= 11 is 0. The van der Waals surface area contributed by atoms with Crippen LogP contribution >= 0.6 is 0 Å². The molecule has 2 aliphatic carbocycles. The highest BCUT2D eigenvalue weighted by Gasteiger charge is 2.44. The normalized spacial score (nSPS) is 50.1. The first-order valence-electron chi connectivity index (χ1n) is 6.06. The first-order chi connectivity index (χ1) is 6.83. The second-order valence-corrected chi connectivity index (χ2v) is 6.85. The van der Waals surface area contributed by atoms with Crippen LogP contribution in [-0.2, 0) is 9.47 Å². The van der Waals surface area contributed by atoms with Gasteiger partial charge in [-0.15, -0.1) is 0 Å². The van der Waals surface area contributed by atoms with Gasteiger partial charge in [-0.3, -0.25) is 0 Å². The molecular formula is C11H20O2Si. The Morgan fingerprint density at radius 3 is 2.79 bits per heavy atom. The van der Waals surface area contributed by atoms with Crippen molar-refractivity contribution >= 4 is 10.2 Å². The van der Waals surface area contributed by atoms with Gasteiger partial charge in [-0.1, -0.05) is 6.42 Å². The van der Waals surface area contributed by atoms with E-state index in [9.17, 15) is 0 Å². The number of hydrogen-bond acceptors (Lipinski definition) is 2. The lowest BCUT2D eigenvalue weighted by Crippen LogP contribution is -2.25. The summed E-state index contributed by atoms with van der Waals surface area (Å²) in [5.41, 5.74) is 1.05. The van der Waals surface area contributed by atoms with Crippen LogP contribution in [0.2, 0.25) is 5.54 Å². The number of epoxide rings is 1. The summed E-state index contributed by atoms with van der Waals surface area (Å²) < 4.78 is 11.2. The van der Waals surface area contributed by atoms with Gasteiger partial charge in [0.05, 0.1) is 18.8 Å². The Morgan fingerprint density at radius 2 is 2.14 bits per heavy atom. The van der Waals surface area contributed by atoms with Crippen LogP contribution in [0.1, 0.15) is 25.7 Å². The Labute approximate surface area is 88.8 Å². The topological polar surface area (TPSA) is 21.8 Å². The highest BCUT2D eigenvalue weighted by molar-refractivity contribution is 6.12. The quantitative estimate of drug-likeness (QED) is 0.506. The summed E-state index contributed by atoms with van der Waals surface area (Å²) in [5, 5.41) is 0. The molecular weight excluding hydrogens is 192 g/mol. The van der Waals surface area contributed by atoms with Gasteiger partial charge in [0.1, 0.15) is 0 Å². The summed E-state index contributed by atoms with van der Waals surface area (Å²) in [7, 11) is 1.38. The van der Waals surface area contributed by atoms with Gasteiger partial charge >= 0.3 is 0 Å². The van der Waals surface area contributed by atoms with Crippen molar-refractivity contribution in [1.29, 1.82) is 0 Å². The molecule has 2 saturated carbocycles. The van der Waals surface area contributed by atoms with Crippen LogP contribution in [0.5, 0.6) is 0 Å². The summed E-state index contributed by atoms with van der Waals surface area (Å²) in [6.07, 6.45) is 6.63. The predicted molar refractivity (Wildman–Crippen MR) is 58.6 cm³/mol. The van der Waals surface area contributed by atoms with Crippen molar-refractivity contribution in [1.82, 2.24) is 0 Å². The summed E-state index contributed by atoms with van der Waals surface area (Å²) in [5.74, 6) is 1.96. The molecule has 3 fully saturated rings. The van der Waals surface area contributed by atoms with Crippen LogP contribution in [0.3, 0.4) is 0 Å². The molecule has 1 saturated heterocycles. The van der Waals surface area contributed by atoms with E-state index >= 15 is 0 Å². The number of hydrogen-bond donors (Lipinski definition) is 0. The van der Waals surface area contributed by atoms with Crippen LogP contribution in [0.25, 0.3) is 0 Å². The molecule has 1 aliphatic heterocycles. The second kappa shape index (κ2) is 3.61. The fourth-order valence-electron chi connectivity index (χ4n) is 3.41. The molecule has 1 heterocycles. The van der Waals surface area contributed by atoms with Crippen molar-refractivity contribution < 1.29 is 9.47 Å². The van der Waals surface area contributed by atoms with Crippen LogP contribution in [0.4, 0.5) is 0 Å². The standard InChI is InChI=1S/C11H20O2Si/c14-11-5-7-3-9(11)10(4-7)12-2-1-8-6-13-8/h7-11H,1-6H2,14H3. The van der Waals surface area contributed by atoms with E-state index in [0.29, 0.717) is 12.2 Å². The third-order valence-corrected chi connectivity index (χ3v) is 5.59. The Hall–Kier alpha value is 0.137. The minimum Gasteiger partial charge on any atom is -0.378 e. The average Bonchev–Trinajstić information content (AvgIpc) is 2.79. The lowest BCUT2D eigenvalue weighted by atomic mass is 9.97. The second-order valence-electron chi connectivity index (χ2n) is 5.37. The van der Waals surface area contributed by atoms with E-state index in [1.807, 2.05) is 0 Å². The average molecular weight is 212 g/mol. The third kappa shape index (κ3) is 1.77. The summed E-state index contributed by atoms with van der Waals surface area (Å²) in [6, 6.07) is 0. The van der Waals surface area contributed by atoms with Crippen LogP contribution < -0.4 is 0 Å². The molecule has 0 spiro atoms. The third-order valence-electron chi connectivity index (χ3n) is 4.26. The lowest BCUT2D eigenvalue weighted by Gasteiger charge is -2.27. The summed E-state index contributed by atoms with van der Waals surface area (Å²) in [4.78, 5) is 0. The van der Waals surface area contributed by atoms with E-state index in [1.54, 1.807) is 0 Å². The molecule has 3 aliphatic rings. The largest absolute Gasteiger partial charge is 0.378 e. The molecule has 0 aromatic heterocycles. The first kappa shape index (κ1) is 9.37. The molecule has 0 radical (unpaired) electrons. The SMILES string of the molecule is [SiH3]C1CC2CC(OCCC3CO3)C1C2. The van der Waals surface area contributed by atoms with Crippen LogP contribution in [0, 0.1) is 11.8 Å². The summed E-state index contributed by atoms with van der Waals surface area (Å²) in [6.45, 7) is 1.91. The fraction of sp³-hybridized carbons (Fsp3) is 1.00. The monoisotopic (exact) mass is 212 g/mol. The fourth-order valence-corrected chi connectivity index (χ4v) is 4.77. The molecule has 0 N–H and O–H groups in total. The van der Waals surface area contributed by atoms with Crippen molar-refractivity contribution in [2.45, 2.75) is 43.4 Å². The van der Waals surface area contributed by atoms with Crippen molar-refractivity contribution in [3.8, 4) is 0 Å². The Balaban J connectivity index is 1.44. The molecule has 5 unspecified atom stereocenters. The Kier molecular flexibility index (Phi) is 2.42. The first-order valence-corrected chi connectivity index (χ1v) is 7.21. The van der Waals surface area contributed by atoms with Gasteiger partial charge in [0, 0.05) is 16.8 Å². The van der Waals surface area contributed by atoms with Gasteiger partial charge in [-0.2, -0.15) is 0 Å². The van der Waals surface area contributed by atoms with Gasteiger partial charge < -0.3 is 9.47 Å². The minimum absolute atomic E-state index is 0.542. The van der Waals surface area contributed by atoms with Gasteiger partial charge in [0.15, 0.2) is 0 Å². The lowest BCUT2D eigenvalue weighted by molar-refractivity contribution is 0.0134. The smallest absolute Gasteiger partial charge is 0.0831 e. The molecule has 3 heteroatoms. The van der Waals surface area contributed by atoms with Gasteiger partial charge in [-0.05, 0) is 36.6 Å². The van der Waals surface area contributed by atoms with Gasteiger partial charge in [0.25, 0.3) is 0 Å². The van der Waals surface area contributed by atoms with E-state index < -0.39 is 0 Å².